The molecule has 5 heteroatoms. The maximum atomic E-state index is 5.65. The minimum atomic E-state index is 0.426. The third-order valence-electron chi connectivity index (χ3n) is 10.7. The van der Waals surface area contributed by atoms with Gasteiger partial charge in [0.05, 0.1) is 6.10 Å². The molecular formula is C33H51N3O2. The van der Waals surface area contributed by atoms with Crippen LogP contribution in [0.5, 0.6) is 0 Å². The molecule has 3 saturated heterocycles. The van der Waals surface area contributed by atoms with Crippen molar-refractivity contribution in [1.29, 1.82) is 0 Å². The van der Waals surface area contributed by atoms with E-state index in [0.29, 0.717) is 11.5 Å². The van der Waals surface area contributed by atoms with Gasteiger partial charge in [-0.15, -0.1) is 0 Å². The topological polar surface area (TPSA) is 28.2 Å². The van der Waals surface area contributed by atoms with Crippen LogP contribution in [0.2, 0.25) is 0 Å². The first-order valence-electron chi connectivity index (χ1n) is 15.9. The monoisotopic (exact) mass is 521 g/mol. The number of hydrogen-bond donors (Lipinski definition) is 0. The lowest BCUT2D eigenvalue weighted by Gasteiger charge is -2.42. The van der Waals surface area contributed by atoms with Crippen LogP contribution in [0.25, 0.3) is 5.57 Å². The number of piperazine rings is 1. The SMILES string of the molecule is COC1CCN(c2ccc(N3CCN(CC4CCOCC4)CC3)c(C3=CCC4(CCCCC4)CC3)c2)CC1. The van der Waals surface area contributed by atoms with Gasteiger partial charge in [0.1, 0.15) is 0 Å². The fourth-order valence-electron chi connectivity index (χ4n) is 8.01. The molecule has 2 aliphatic carbocycles. The molecule has 1 spiro atoms. The minimum Gasteiger partial charge on any atom is -0.381 e. The molecule has 0 N–H and O–H groups in total. The first-order valence-corrected chi connectivity index (χ1v) is 15.9. The summed E-state index contributed by atoms with van der Waals surface area (Å²) in [5.41, 5.74) is 6.65. The Morgan fingerprint density at radius 2 is 1.63 bits per heavy atom. The van der Waals surface area contributed by atoms with E-state index in [0.717, 1.165) is 58.2 Å². The average molecular weight is 522 g/mol. The van der Waals surface area contributed by atoms with Crippen molar-refractivity contribution in [3.8, 4) is 0 Å². The molecule has 0 amide bonds. The molecule has 5 nitrogen and oxygen atoms in total. The Hall–Kier alpha value is -1.56. The Morgan fingerprint density at radius 1 is 0.868 bits per heavy atom. The van der Waals surface area contributed by atoms with E-state index in [-0.39, 0.29) is 0 Å². The summed E-state index contributed by atoms with van der Waals surface area (Å²) in [5.74, 6) is 0.826. The fraction of sp³-hybridized carbons (Fsp3) is 0.758. The number of ether oxygens (including phenoxy) is 2. The van der Waals surface area contributed by atoms with Crippen LogP contribution in [0.15, 0.2) is 24.3 Å². The predicted molar refractivity (Wildman–Crippen MR) is 158 cm³/mol. The molecule has 1 saturated carbocycles. The van der Waals surface area contributed by atoms with Gasteiger partial charge in [-0.2, -0.15) is 0 Å². The van der Waals surface area contributed by atoms with Gasteiger partial charge in [-0.3, -0.25) is 4.90 Å². The normalized spacial score (nSPS) is 26.1. The molecular weight excluding hydrogens is 470 g/mol. The summed E-state index contributed by atoms with van der Waals surface area (Å²) in [5, 5.41) is 0. The molecule has 4 fully saturated rings. The Balaban J connectivity index is 1.19. The van der Waals surface area contributed by atoms with Gasteiger partial charge in [0, 0.05) is 83.1 Å². The second-order valence-electron chi connectivity index (χ2n) is 13.0. The van der Waals surface area contributed by atoms with Crippen LogP contribution in [0.4, 0.5) is 11.4 Å². The highest BCUT2D eigenvalue weighted by Gasteiger charge is 2.34. The van der Waals surface area contributed by atoms with E-state index >= 15 is 0 Å². The average Bonchev–Trinajstić information content (AvgIpc) is 2.99. The quantitative estimate of drug-likeness (QED) is 0.434. The molecule has 0 atom stereocenters. The first kappa shape index (κ1) is 26.7. The van der Waals surface area contributed by atoms with Gasteiger partial charge in [-0.25, -0.2) is 0 Å². The number of allylic oxidation sites excluding steroid dienone is 2. The number of rotatable bonds is 6. The third kappa shape index (κ3) is 6.10. The zero-order valence-electron chi connectivity index (χ0n) is 24.0. The summed E-state index contributed by atoms with van der Waals surface area (Å²) in [6, 6.07) is 7.43. The number of benzene rings is 1. The van der Waals surface area contributed by atoms with Gasteiger partial charge in [0.25, 0.3) is 0 Å². The van der Waals surface area contributed by atoms with Crippen molar-refractivity contribution < 1.29 is 9.47 Å². The standard InChI is InChI=1S/C33H51N3O2/c1-37-30-9-17-35(18-10-30)29-5-6-32(36-21-19-34(20-22-36)26-27-11-23-38-24-12-27)31(25-29)28-7-15-33(16-8-28)13-3-2-4-14-33/h5-7,25,27,30H,2-4,8-24,26H2,1H3. The molecule has 210 valence electrons. The summed E-state index contributed by atoms with van der Waals surface area (Å²) in [6.45, 7) is 10.0. The van der Waals surface area contributed by atoms with E-state index in [1.54, 1.807) is 5.57 Å². The summed E-state index contributed by atoms with van der Waals surface area (Å²) < 4.78 is 11.2. The molecule has 3 aliphatic heterocycles. The van der Waals surface area contributed by atoms with Crippen LogP contribution in [0.3, 0.4) is 0 Å². The number of nitrogens with zero attached hydrogens (tertiary/aromatic N) is 3. The third-order valence-corrected chi connectivity index (χ3v) is 10.7. The van der Waals surface area contributed by atoms with Gasteiger partial charge < -0.3 is 19.3 Å². The van der Waals surface area contributed by atoms with Crippen LogP contribution in [0, 0.1) is 11.3 Å². The minimum absolute atomic E-state index is 0.426. The lowest BCUT2D eigenvalue weighted by atomic mass is 9.65. The van der Waals surface area contributed by atoms with Crippen molar-refractivity contribution in [3.05, 3.63) is 29.8 Å². The van der Waals surface area contributed by atoms with E-state index in [2.05, 4.69) is 39.0 Å². The van der Waals surface area contributed by atoms with Crippen molar-refractivity contribution in [2.45, 2.75) is 83.2 Å². The van der Waals surface area contributed by atoms with Crippen molar-refractivity contribution in [3.63, 3.8) is 0 Å². The van der Waals surface area contributed by atoms with Gasteiger partial charge in [0.15, 0.2) is 0 Å². The summed E-state index contributed by atoms with van der Waals surface area (Å²) in [7, 11) is 1.87. The molecule has 1 aromatic carbocycles. The molecule has 38 heavy (non-hydrogen) atoms. The van der Waals surface area contributed by atoms with Crippen molar-refractivity contribution in [1.82, 2.24) is 4.90 Å². The van der Waals surface area contributed by atoms with Crippen LogP contribution in [-0.2, 0) is 9.47 Å². The second-order valence-corrected chi connectivity index (χ2v) is 13.0. The van der Waals surface area contributed by atoms with Crippen LogP contribution < -0.4 is 9.80 Å². The number of anilines is 2. The lowest BCUT2D eigenvalue weighted by molar-refractivity contribution is 0.0517. The molecule has 5 aliphatic rings. The van der Waals surface area contributed by atoms with Gasteiger partial charge in [0.2, 0.25) is 0 Å². The molecule has 0 unspecified atom stereocenters. The van der Waals surface area contributed by atoms with Gasteiger partial charge in [-0.1, -0.05) is 25.3 Å². The maximum absolute atomic E-state index is 5.65. The molecule has 1 aromatic rings. The second kappa shape index (κ2) is 12.3. The highest BCUT2D eigenvalue weighted by molar-refractivity contribution is 5.80. The number of piperidine rings is 1. The maximum Gasteiger partial charge on any atom is 0.0605 e. The Bertz CT molecular complexity index is 934. The largest absolute Gasteiger partial charge is 0.381 e. The Labute approximate surface area is 231 Å². The summed E-state index contributed by atoms with van der Waals surface area (Å²) >= 11 is 0. The van der Waals surface area contributed by atoms with Gasteiger partial charge in [-0.05, 0) is 92.9 Å². The van der Waals surface area contributed by atoms with Crippen molar-refractivity contribution in [2.24, 2.45) is 11.3 Å². The number of hydrogen-bond acceptors (Lipinski definition) is 5. The number of methoxy groups -OCH3 is 1. The van der Waals surface area contributed by atoms with Gasteiger partial charge >= 0.3 is 0 Å². The smallest absolute Gasteiger partial charge is 0.0605 e. The van der Waals surface area contributed by atoms with E-state index < -0.39 is 0 Å². The van der Waals surface area contributed by atoms with Crippen LogP contribution in [-0.4, -0.2) is 77.1 Å². The highest BCUT2D eigenvalue weighted by Crippen LogP contribution is 2.49. The molecule has 0 radical (unpaired) electrons. The van der Waals surface area contributed by atoms with Crippen molar-refractivity contribution in [2.75, 3.05) is 75.9 Å². The molecule has 3 heterocycles. The Morgan fingerprint density at radius 3 is 2.32 bits per heavy atom. The molecule has 0 bridgehead atoms. The predicted octanol–water partition coefficient (Wildman–Crippen LogP) is 6.37. The summed E-state index contributed by atoms with van der Waals surface area (Å²) in [6.07, 6.45) is 19.0. The molecule has 6 rings (SSSR count). The van der Waals surface area contributed by atoms with E-state index in [1.165, 1.54) is 101 Å². The zero-order valence-corrected chi connectivity index (χ0v) is 24.0. The first-order chi connectivity index (χ1) is 18.7. The Kier molecular flexibility index (Phi) is 8.63. The van der Waals surface area contributed by atoms with E-state index in [9.17, 15) is 0 Å². The van der Waals surface area contributed by atoms with Crippen LogP contribution in [0.1, 0.15) is 82.6 Å². The van der Waals surface area contributed by atoms with Crippen LogP contribution >= 0.6 is 0 Å². The zero-order chi connectivity index (χ0) is 25.8. The fourth-order valence-corrected chi connectivity index (χ4v) is 8.01. The van der Waals surface area contributed by atoms with Crippen molar-refractivity contribution >= 4 is 16.9 Å². The van der Waals surface area contributed by atoms with E-state index in [1.807, 2.05) is 7.11 Å². The lowest BCUT2D eigenvalue weighted by Crippen LogP contribution is -2.48. The molecule has 0 aromatic heterocycles. The van der Waals surface area contributed by atoms with E-state index in [4.69, 9.17) is 9.47 Å². The summed E-state index contributed by atoms with van der Waals surface area (Å²) in [4.78, 5) is 8.01. The highest BCUT2D eigenvalue weighted by atomic mass is 16.5.